The van der Waals surface area contributed by atoms with Crippen molar-refractivity contribution in [1.29, 1.82) is 0 Å². The molecule has 5 heteroatoms. The van der Waals surface area contributed by atoms with Crippen molar-refractivity contribution in [3.63, 3.8) is 0 Å². The number of rotatable bonds is 4. The number of benzene rings is 1. The summed E-state index contributed by atoms with van der Waals surface area (Å²) < 4.78 is 24.6. The Labute approximate surface area is 105 Å². The normalized spacial score (nSPS) is 11.4. The van der Waals surface area contributed by atoms with Gasteiger partial charge < -0.3 is 0 Å². The summed E-state index contributed by atoms with van der Waals surface area (Å²) in [6.07, 6.45) is 1.99. The Kier molecular flexibility index (Phi) is 3.49. The molecule has 1 N–H and O–H groups in total. The molecule has 0 aliphatic carbocycles. The zero-order chi connectivity index (χ0) is 12.3. The second kappa shape index (κ2) is 4.89. The lowest BCUT2D eigenvalue weighted by molar-refractivity contribution is 0.607. The maximum Gasteiger partial charge on any atom is 0.230 e. The standard InChI is InChI=1S/C12H13NO2S2/c1-17(14,15)13-12-8-7-11(16-12)9-10-5-3-2-4-6-10/h2-8,13H,9H2,1H3. The molecule has 0 radical (unpaired) electrons. The zero-order valence-electron chi connectivity index (χ0n) is 9.38. The first-order valence-corrected chi connectivity index (χ1v) is 7.84. The second-order valence-electron chi connectivity index (χ2n) is 3.80. The number of anilines is 1. The van der Waals surface area contributed by atoms with Gasteiger partial charge in [-0.2, -0.15) is 0 Å². The molecule has 0 bridgehead atoms. The van der Waals surface area contributed by atoms with Crippen molar-refractivity contribution in [2.75, 3.05) is 11.0 Å². The number of sulfonamides is 1. The molecule has 0 amide bonds. The van der Waals surface area contributed by atoms with Gasteiger partial charge in [0.05, 0.1) is 6.26 Å². The van der Waals surface area contributed by atoms with Crippen LogP contribution in [0.2, 0.25) is 0 Å². The van der Waals surface area contributed by atoms with Crippen LogP contribution in [-0.4, -0.2) is 14.7 Å². The molecule has 2 rings (SSSR count). The summed E-state index contributed by atoms with van der Waals surface area (Å²) in [7, 11) is -3.18. The molecule has 0 fully saturated rings. The fourth-order valence-electron chi connectivity index (χ4n) is 1.51. The molecule has 90 valence electrons. The predicted molar refractivity (Wildman–Crippen MR) is 72.0 cm³/mol. The van der Waals surface area contributed by atoms with Crippen molar-refractivity contribution in [1.82, 2.24) is 0 Å². The Hall–Kier alpha value is -1.33. The van der Waals surface area contributed by atoms with E-state index in [4.69, 9.17) is 0 Å². The summed E-state index contributed by atoms with van der Waals surface area (Å²) in [6.45, 7) is 0. The summed E-state index contributed by atoms with van der Waals surface area (Å²) >= 11 is 1.46. The van der Waals surface area contributed by atoms with E-state index in [1.165, 1.54) is 16.9 Å². The number of thiophene rings is 1. The lowest BCUT2D eigenvalue weighted by atomic mass is 10.1. The molecule has 0 saturated carbocycles. The first kappa shape index (κ1) is 12.1. The largest absolute Gasteiger partial charge is 0.275 e. The summed E-state index contributed by atoms with van der Waals surface area (Å²) in [5.74, 6) is 0. The van der Waals surface area contributed by atoms with Crippen molar-refractivity contribution < 1.29 is 8.42 Å². The first-order valence-electron chi connectivity index (χ1n) is 5.13. The van der Waals surface area contributed by atoms with Crippen LogP contribution in [0.15, 0.2) is 42.5 Å². The third-order valence-electron chi connectivity index (χ3n) is 2.17. The smallest absolute Gasteiger partial charge is 0.230 e. The minimum atomic E-state index is -3.18. The van der Waals surface area contributed by atoms with Gasteiger partial charge in [-0.1, -0.05) is 30.3 Å². The van der Waals surface area contributed by atoms with Crippen molar-refractivity contribution in [3.05, 3.63) is 52.9 Å². The Morgan fingerprint density at radius 2 is 1.82 bits per heavy atom. The van der Waals surface area contributed by atoms with Crippen LogP contribution in [0.1, 0.15) is 10.4 Å². The van der Waals surface area contributed by atoms with Gasteiger partial charge in [0.2, 0.25) is 10.0 Å². The molecular weight excluding hydrogens is 254 g/mol. The van der Waals surface area contributed by atoms with Gasteiger partial charge in [-0.3, -0.25) is 4.72 Å². The minimum absolute atomic E-state index is 0.665. The molecule has 3 nitrogen and oxygen atoms in total. The van der Waals surface area contributed by atoms with Crippen LogP contribution >= 0.6 is 11.3 Å². The highest BCUT2D eigenvalue weighted by molar-refractivity contribution is 7.92. The van der Waals surface area contributed by atoms with E-state index in [2.05, 4.69) is 16.9 Å². The van der Waals surface area contributed by atoms with Crippen molar-refractivity contribution in [3.8, 4) is 0 Å². The molecule has 0 aliphatic rings. The van der Waals surface area contributed by atoms with E-state index in [1.54, 1.807) is 6.07 Å². The Balaban J connectivity index is 2.09. The van der Waals surface area contributed by atoms with E-state index in [9.17, 15) is 8.42 Å². The van der Waals surface area contributed by atoms with Gasteiger partial charge >= 0.3 is 0 Å². The maximum absolute atomic E-state index is 11.1. The van der Waals surface area contributed by atoms with Gasteiger partial charge in [0.15, 0.2) is 0 Å². The second-order valence-corrected chi connectivity index (χ2v) is 6.72. The van der Waals surface area contributed by atoms with Crippen LogP contribution in [0.5, 0.6) is 0 Å². The van der Waals surface area contributed by atoms with Crippen molar-refractivity contribution >= 4 is 26.4 Å². The average molecular weight is 267 g/mol. The zero-order valence-corrected chi connectivity index (χ0v) is 11.0. The lowest BCUT2D eigenvalue weighted by Crippen LogP contribution is -2.07. The van der Waals surface area contributed by atoms with Gasteiger partial charge in [0.1, 0.15) is 5.00 Å². The van der Waals surface area contributed by atoms with Crippen LogP contribution in [0.25, 0.3) is 0 Å². The first-order chi connectivity index (χ1) is 8.03. The average Bonchev–Trinajstić information content (AvgIpc) is 2.64. The molecule has 0 saturated heterocycles. The van der Waals surface area contributed by atoms with Crippen molar-refractivity contribution in [2.24, 2.45) is 0 Å². The van der Waals surface area contributed by atoms with E-state index in [1.807, 2.05) is 24.3 Å². The predicted octanol–water partition coefficient (Wildman–Crippen LogP) is 2.71. The lowest BCUT2D eigenvalue weighted by Gasteiger charge is -1.99. The Bertz CT molecular complexity index is 588. The van der Waals surface area contributed by atoms with E-state index in [0.29, 0.717) is 5.00 Å². The minimum Gasteiger partial charge on any atom is -0.275 e. The highest BCUT2D eigenvalue weighted by Crippen LogP contribution is 2.24. The quantitative estimate of drug-likeness (QED) is 0.925. The molecule has 0 aliphatic heterocycles. The topological polar surface area (TPSA) is 46.2 Å². The molecule has 1 aromatic heterocycles. The van der Waals surface area contributed by atoms with Crippen LogP contribution in [0, 0.1) is 0 Å². The molecule has 0 spiro atoms. The number of nitrogens with one attached hydrogen (secondary N) is 1. The van der Waals surface area contributed by atoms with Gasteiger partial charge in [0, 0.05) is 11.3 Å². The van der Waals surface area contributed by atoms with Crippen LogP contribution in [0.3, 0.4) is 0 Å². The summed E-state index contributed by atoms with van der Waals surface area (Å²) in [5.41, 5.74) is 1.22. The van der Waals surface area contributed by atoms with Crippen molar-refractivity contribution in [2.45, 2.75) is 6.42 Å². The van der Waals surface area contributed by atoms with Crippen LogP contribution in [0.4, 0.5) is 5.00 Å². The third kappa shape index (κ3) is 3.87. The van der Waals surface area contributed by atoms with Gasteiger partial charge in [-0.05, 0) is 17.7 Å². The molecule has 17 heavy (non-hydrogen) atoms. The molecular formula is C12H13NO2S2. The summed E-state index contributed by atoms with van der Waals surface area (Å²) in [5, 5.41) is 0.665. The maximum atomic E-state index is 11.1. The highest BCUT2D eigenvalue weighted by atomic mass is 32.2. The Morgan fingerprint density at radius 1 is 1.12 bits per heavy atom. The van der Waals surface area contributed by atoms with E-state index in [-0.39, 0.29) is 0 Å². The van der Waals surface area contributed by atoms with Gasteiger partial charge in [-0.15, -0.1) is 11.3 Å². The Morgan fingerprint density at radius 3 is 2.47 bits per heavy atom. The summed E-state index contributed by atoms with van der Waals surface area (Å²) in [6, 6.07) is 13.8. The fraction of sp³-hybridized carbons (Fsp3) is 0.167. The van der Waals surface area contributed by atoms with Crippen LogP contribution in [-0.2, 0) is 16.4 Å². The van der Waals surface area contributed by atoms with E-state index < -0.39 is 10.0 Å². The molecule has 1 heterocycles. The van der Waals surface area contributed by atoms with Gasteiger partial charge in [-0.25, -0.2) is 8.42 Å². The monoisotopic (exact) mass is 267 g/mol. The molecule has 1 aromatic carbocycles. The fourth-order valence-corrected chi connectivity index (χ4v) is 3.36. The number of hydrogen-bond acceptors (Lipinski definition) is 3. The molecule has 2 aromatic rings. The van der Waals surface area contributed by atoms with Gasteiger partial charge in [0.25, 0.3) is 0 Å². The number of hydrogen-bond donors (Lipinski definition) is 1. The van der Waals surface area contributed by atoms with E-state index >= 15 is 0 Å². The van der Waals surface area contributed by atoms with E-state index in [0.717, 1.165) is 17.6 Å². The summed E-state index contributed by atoms with van der Waals surface area (Å²) in [4.78, 5) is 1.14. The van der Waals surface area contributed by atoms with Crippen LogP contribution < -0.4 is 4.72 Å². The third-order valence-corrected chi connectivity index (χ3v) is 3.89. The molecule has 0 atom stereocenters. The highest BCUT2D eigenvalue weighted by Gasteiger charge is 2.05. The SMILES string of the molecule is CS(=O)(=O)Nc1ccc(Cc2ccccc2)s1. The molecule has 0 unspecified atom stereocenters.